The maximum absolute atomic E-state index is 13.8. The Labute approximate surface area is 172 Å². The summed E-state index contributed by atoms with van der Waals surface area (Å²) in [6, 6.07) is 4.07. The Morgan fingerprint density at radius 1 is 1.03 bits per heavy atom. The molecule has 1 spiro atoms. The van der Waals surface area contributed by atoms with Crippen molar-refractivity contribution in [3.8, 4) is 0 Å². The number of Topliss-reactive ketones (excluding diaryl/α,β-unsaturated/α-hetero) is 1. The van der Waals surface area contributed by atoms with Gasteiger partial charge in [-0.1, -0.05) is 17.7 Å². The summed E-state index contributed by atoms with van der Waals surface area (Å²) in [7, 11) is 3.26. The number of rotatable bonds is 7. The van der Waals surface area contributed by atoms with E-state index >= 15 is 0 Å². The Balaban J connectivity index is 1.96. The number of hydrogen-bond donors (Lipinski definition) is 0. The third kappa shape index (κ3) is 3.97. The Hall–Kier alpha value is -1.80. The third-order valence-electron chi connectivity index (χ3n) is 6.10. The van der Waals surface area contributed by atoms with Crippen molar-refractivity contribution in [3.05, 3.63) is 34.4 Å². The predicted molar refractivity (Wildman–Crippen MR) is 108 cm³/mol. The van der Waals surface area contributed by atoms with Crippen molar-refractivity contribution >= 4 is 11.7 Å². The molecule has 2 aliphatic heterocycles. The maximum Gasteiger partial charge on any atom is 0.262 e. The van der Waals surface area contributed by atoms with Gasteiger partial charge in [-0.15, -0.1) is 0 Å². The molecule has 1 amide bonds. The summed E-state index contributed by atoms with van der Waals surface area (Å²) < 4.78 is 5.08. The van der Waals surface area contributed by atoms with Crippen molar-refractivity contribution in [2.75, 3.05) is 40.5 Å². The minimum absolute atomic E-state index is 0.0555. The number of hydroxylamine groups is 4. The van der Waals surface area contributed by atoms with Crippen molar-refractivity contribution in [1.82, 2.24) is 10.1 Å². The summed E-state index contributed by atoms with van der Waals surface area (Å²) in [5, 5.41) is 3.21. The van der Waals surface area contributed by atoms with Crippen molar-refractivity contribution < 1.29 is 24.0 Å². The summed E-state index contributed by atoms with van der Waals surface area (Å²) in [6.07, 6.45) is 1.65. The van der Waals surface area contributed by atoms with Crippen LogP contribution in [0.1, 0.15) is 47.4 Å². The monoisotopic (exact) mass is 404 g/mol. The van der Waals surface area contributed by atoms with Crippen LogP contribution in [0.3, 0.4) is 0 Å². The third-order valence-corrected chi connectivity index (χ3v) is 6.10. The smallest absolute Gasteiger partial charge is 0.262 e. The van der Waals surface area contributed by atoms with Crippen LogP contribution in [0.15, 0.2) is 12.1 Å². The molecule has 1 atom stereocenters. The van der Waals surface area contributed by atoms with Crippen LogP contribution in [0, 0.1) is 20.8 Å². The summed E-state index contributed by atoms with van der Waals surface area (Å²) in [5.41, 5.74) is 2.95. The molecule has 7 heteroatoms. The number of ketones is 1. The van der Waals surface area contributed by atoms with E-state index in [2.05, 4.69) is 0 Å². The fraction of sp³-hybridized carbons (Fsp3) is 0.636. The number of nitrogens with zero attached hydrogens (tertiary/aromatic N) is 2. The molecule has 1 unspecified atom stereocenters. The Morgan fingerprint density at radius 2 is 1.66 bits per heavy atom. The Morgan fingerprint density at radius 3 is 2.21 bits per heavy atom. The Bertz CT molecular complexity index is 747. The second-order valence-corrected chi connectivity index (χ2v) is 8.07. The molecule has 0 aromatic heterocycles. The fourth-order valence-corrected chi connectivity index (χ4v) is 4.74. The zero-order chi connectivity index (χ0) is 21.2. The first-order valence-corrected chi connectivity index (χ1v) is 10.2. The zero-order valence-electron chi connectivity index (χ0n) is 18.1. The molecule has 1 aromatic rings. The highest BCUT2D eigenvalue weighted by Gasteiger charge is 2.61. The maximum atomic E-state index is 13.8. The lowest BCUT2D eigenvalue weighted by Crippen LogP contribution is -2.56. The van der Waals surface area contributed by atoms with Crippen LogP contribution in [0.25, 0.3) is 0 Å². The second kappa shape index (κ2) is 8.92. The number of carbonyl (C=O) groups excluding carboxylic acids is 2. The van der Waals surface area contributed by atoms with Gasteiger partial charge < -0.3 is 9.57 Å². The minimum atomic E-state index is -0.937. The van der Waals surface area contributed by atoms with E-state index in [1.165, 1.54) is 5.06 Å². The van der Waals surface area contributed by atoms with Crippen molar-refractivity contribution in [2.24, 2.45) is 0 Å². The van der Waals surface area contributed by atoms with Gasteiger partial charge in [0.25, 0.3) is 5.91 Å². The van der Waals surface area contributed by atoms with E-state index in [0.717, 1.165) is 22.3 Å². The van der Waals surface area contributed by atoms with Gasteiger partial charge in [-0.25, -0.2) is 5.06 Å². The average molecular weight is 405 g/mol. The van der Waals surface area contributed by atoms with E-state index in [-0.39, 0.29) is 11.7 Å². The van der Waals surface area contributed by atoms with Gasteiger partial charge in [0.05, 0.1) is 13.7 Å². The molecule has 0 radical (unpaired) electrons. The largest absolute Gasteiger partial charge is 0.385 e. The fourth-order valence-electron chi connectivity index (χ4n) is 4.74. The van der Waals surface area contributed by atoms with Gasteiger partial charge in [-0.2, -0.15) is 5.06 Å². The highest BCUT2D eigenvalue weighted by Crippen LogP contribution is 2.44. The molecule has 2 fully saturated rings. The SMILES string of the molecule is COCCCON1C(=O)C(c2c(C)cc(C)cc2C)C(=O)C12CCN(OC)CC2. The summed E-state index contributed by atoms with van der Waals surface area (Å²) >= 11 is 0. The van der Waals surface area contributed by atoms with Crippen molar-refractivity contribution in [3.63, 3.8) is 0 Å². The molecule has 0 saturated carbocycles. The first-order chi connectivity index (χ1) is 13.9. The molecule has 0 N–H and O–H groups in total. The van der Waals surface area contributed by atoms with Gasteiger partial charge in [-0.3, -0.25) is 14.4 Å². The van der Waals surface area contributed by atoms with Gasteiger partial charge in [0, 0.05) is 26.8 Å². The molecule has 2 saturated heterocycles. The van der Waals surface area contributed by atoms with Crippen LogP contribution in [0.4, 0.5) is 0 Å². The number of amides is 1. The molecule has 7 nitrogen and oxygen atoms in total. The number of carbonyl (C=O) groups is 2. The first kappa shape index (κ1) is 21.9. The predicted octanol–water partition coefficient (Wildman–Crippen LogP) is 2.47. The van der Waals surface area contributed by atoms with Gasteiger partial charge in [0.15, 0.2) is 5.78 Å². The lowest BCUT2D eigenvalue weighted by atomic mass is 9.79. The minimum Gasteiger partial charge on any atom is -0.385 e. The number of benzene rings is 1. The molecule has 2 aliphatic rings. The van der Waals surface area contributed by atoms with Crippen LogP contribution in [0.2, 0.25) is 0 Å². The Kier molecular flexibility index (Phi) is 6.73. The first-order valence-electron chi connectivity index (χ1n) is 10.2. The molecule has 3 rings (SSSR count). The number of piperidine rings is 1. The van der Waals surface area contributed by atoms with Gasteiger partial charge in [0.2, 0.25) is 0 Å². The highest BCUT2D eigenvalue weighted by molar-refractivity contribution is 6.17. The van der Waals surface area contributed by atoms with E-state index in [4.69, 9.17) is 14.4 Å². The second-order valence-electron chi connectivity index (χ2n) is 8.07. The normalized spacial score (nSPS) is 22.1. The zero-order valence-corrected chi connectivity index (χ0v) is 18.1. The van der Waals surface area contributed by atoms with Gasteiger partial charge in [-0.05, 0) is 56.7 Å². The van der Waals surface area contributed by atoms with Crippen LogP contribution in [0.5, 0.6) is 0 Å². The molecule has 160 valence electrons. The van der Waals surface area contributed by atoms with Crippen LogP contribution in [-0.4, -0.2) is 67.9 Å². The number of ether oxygens (including phenoxy) is 1. The molecule has 29 heavy (non-hydrogen) atoms. The molecular formula is C22H32N2O5. The van der Waals surface area contributed by atoms with E-state index in [1.807, 2.05) is 38.0 Å². The molecule has 0 bridgehead atoms. The summed E-state index contributed by atoms with van der Waals surface area (Å²) in [4.78, 5) is 38.5. The van der Waals surface area contributed by atoms with E-state index < -0.39 is 11.5 Å². The van der Waals surface area contributed by atoms with Crippen molar-refractivity contribution in [2.45, 2.75) is 51.5 Å². The van der Waals surface area contributed by atoms with Crippen LogP contribution in [-0.2, 0) is 24.0 Å². The number of methoxy groups -OCH3 is 1. The van der Waals surface area contributed by atoms with E-state index in [9.17, 15) is 9.59 Å². The highest BCUT2D eigenvalue weighted by atomic mass is 16.7. The van der Waals surface area contributed by atoms with E-state index in [0.29, 0.717) is 45.6 Å². The molecule has 1 aromatic carbocycles. The lowest BCUT2D eigenvalue weighted by molar-refractivity contribution is -0.230. The molecular weight excluding hydrogens is 372 g/mol. The topological polar surface area (TPSA) is 68.3 Å². The quantitative estimate of drug-likeness (QED) is 0.514. The molecule has 2 heterocycles. The van der Waals surface area contributed by atoms with Gasteiger partial charge >= 0.3 is 0 Å². The standard InChI is InChI=1S/C22H32N2O5/c1-15-13-16(2)18(17(3)14-15)19-20(25)22(7-9-23(28-5)10-8-22)24(21(19)26)29-12-6-11-27-4/h13-14,19H,6-12H2,1-5H3. The molecule has 0 aliphatic carbocycles. The summed E-state index contributed by atoms with van der Waals surface area (Å²) in [5.74, 6) is -1.12. The summed E-state index contributed by atoms with van der Waals surface area (Å²) in [6.45, 7) is 7.99. The van der Waals surface area contributed by atoms with Gasteiger partial charge in [0.1, 0.15) is 11.5 Å². The van der Waals surface area contributed by atoms with Crippen molar-refractivity contribution in [1.29, 1.82) is 0 Å². The van der Waals surface area contributed by atoms with Crippen LogP contribution >= 0.6 is 0 Å². The van der Waals surface area contributed by atoms with E-state index in [1.54, 1.807) is 14.2 Å². The average Bonchev–Trinajstić information content (AvgIpc) is 2.87. The number of aryl methyl sites for hydroxylation is 3. The lowest BCUT2D eigenvalue weighted by Gasteiger charge is -2.41. The number of hydrogen-bond acceptors (Lipinski definition) is 6. The van der Waals surface area contributed by atoms with Crippen LogP contribution < -0.4 is 0 Å².